The molecule has 0 radical (unpaired) electrons. The summed E-state index contributed by atoms with van der Waals surface area (Å²) >= 11 is 0. The summed E-state index contributed by atoms with van der Waals surface area (Å²) in [6.45, 7) is 0.226. The van der Waals surface area contributed by atoms with Crippen molar-refractivity contribution in [2.24, 2.45) is 0 Å². The normalized spacial score (nSPS) is 12.6. The van der Waals surface area contributed by atoms with Crippen LogP contribution in [0.3, 0.4) is 0 Å². The highest BCUT2D eigenvalue weighted by atomic mass is 16.7. The number of anilines is 1. The molecule has 0 amide bonds. The van der Waals surface area contributed by atoms with Crippen molar-refractivity contribution in [1.29, 1.82) is 0 Å². The highest BCUT2D eigenvalue weighted by molar-refractivity contribution is 5.88. The van der Waals surface area contributed by atoms with Crippen molar-refractivity contribution >= 4 is 16.7 Å². The summed E-state index contributed by atoms with van der Waals surface area (Å²) < 4.78 is 16.6. The molecule has 0 fully saturated rings. The van der Waals surface area contributed by atoms with Crippen molar-refractivity contribution in [3.63, 3.8) is 0 Å². The number of benzene rings is 1. The highest BCUT2D eigenvalue weighted by Gasteiger charge is 2.16. The molecule has 1 aliphatic heterocycles. The Hall–Kier alpha value is -3.02. The number of hydrogen-bond acceptors (Lipinski definition) is 6. The number of nitrogen functional groups attached to an aromatic ring is 1. The minimum absolute atomic E-state index is 0.226. The van der Waals surface area contributed by atoms with Gasteiger partial charge >= 0.3 is 0 Å². The van der Waals surface area contributed by atoms with Crippen molar-refractivity contribution in [2.45, 2.75) is 0 Å². The Morgan fingerprint density at radius 2 is 1.90 bits per heavy atom. The van der Waals surface area contributed by atoms with Crippen LogP contribution in [0.25, 0.3) is 10.9 Å². The van der Waals surface area contributed by atoms with E-state index >= 15 is 0 Å². The molecule has 2 N–H and O–H groups in total. The van der Waals surface area contributed by atoms with Gasteiger partial charge in [0, 0.05) is 17.6 Å². The predicted octanol–water partition coefficient (Wildman–Crippen LogP) is 2.73. The van der Waals surface area contributed by atoms with Crippen LogP contribution < -0.4 is 19.9 Å². The first kappa shape index (κ1) is 11.8. The number of nitrogens with two attached hydrogens (primary N) is 1. The van der Waals surface area contributed by atoms with E-state index in [1.807, 2.05) is 12.1 Å². The largest absolute Gasteiger partial charge is 0.455 e. The van der Waals surface area contributed by atoms with Gasteiger partial charge in [0.1, 0.15) is 17.3 Å². The first-order chi connectivity index (χ1) is 10.3. The highest BCUT2D eigenvalue weighted by Crippen LogP contribution is 2.39. The molecule has 0 atom stereocenters. The average Bonchev–Trinajstić information content (AvgIpc) is 2.95. The third-order valence-electron chi connectivity index (χ3n) is 3.18. The zero-order valence-electron chi connectivity index (χ0n) is 10.9. The van der Waals surface area contributed by atoms with Gasteiger partial charge < -0.3 is 19.9 Å². The van der Waals surface area contributed by atoms with Crippen molar-refractivity contribution in [1.82, 2.24) is 9.97 Å². The summed E-state index contributed by atoms with van der Waals surface area (Å²) in [5, 5.41) is 0.846. The lowest BCUT2D eigenvalue weighted by atomic mass is 10.2. The fourth-order valence-electron chi connectivity index (χ4n) is 2.18. The Morgan fingerprint density at radius 3 is 2.71 bits per heavy atom. The number of fused-ring (bicyclic) bond motifs is 2. The molecule has 3 aromatic rings. The molecular formula is C15H11N3O3. The van der Waals surface area contributed by atoms with Crippen LogP contribution in [0.2, 0.25) is 0 Å². The standard InChI is InChI=1S/C15H11N3O3/c16-15-2-1-9(7-18-15)21-12-3-4-17-11-6-14-13(5-10(11)12)19-8-20-14/h1-7H,8H2,(H2,16,18). The van der Waals surface area contributed by atoms with E-state index in [9.17, 15) is 0 Å². The van der Waals surface area contributed by atoms with Crippen LogP contribution >= 0.6 is 0 Å². The Kier molecular flexibility index (Phi) is 2.53. The molecule has 0 unspecified atom stereocenters. The first-order valence-electron chi connectivity index (χ1n) is 6.37. The SMILES string of the molecule is Nc1ccc(Oc2ccnc3cc4c(cc23)OCO4)cn1. The molecule has 1 aromatic carbocycles. The molecule has 6 heteroatoms. The molecule has 4 rings (SSSR count). The van der Waals surface area contributed by atoms with Gasteiger partial charge in [-0.3, -0.25) is 4.98 Å². The maximum absolute atomic E-state index is 5.85. The van der Waals surface area contributed by atoms with Crippen LogP contribution in [0.15, 0.2) is 42.7 Å². The third kappa shape index (κ3) is 2.06. The van der Waals surface area contributed by atoms with Crippen molar-refractivity contribution in [2.75, 3.05) is 12.5 Å². The van der Waals surface area contributed by atoms with Gasteiger partial charge in [-0.2, -0.15) is 0 Å². The van der Waals surface area contributed by atoms with Crippen LogP contribution in [0.4, 0.5) is 5.82 Å². The lowest BCUT2D eigenvalue weighted by molar-refractivity contribution is 0.174. The van der Waals surface area contributed by atoms with Gasteiger partial charge in [-0.05, 0) is 24.3 Å². The number of pyridine rings is 2. The lowest BCUT2D eigenvalue weighted by Crippen LogP contribution is -1.92. The summed E-state index contributed by atoms with van der Waals surface area (Å²) in [6.07, 6.45) is 3.26. The monoisotopic (exact) mass is 281 g/mol. The molecule has 21 heavy (non-hydrogen) atoms. The summed E-state index contributed by atoms with van der Waals surface area (Å²) in [4.78, 5) is 8.33. The average molecular weight is 281 g/mol. The number of ether oxygens (including phenoxy) is 3. The smallest absolute Gasteiger partial charge is 0.231 e. The molecule has 0 aliphatic carbocycles. The van der Waals surface area contributed by atoms with Gasteiger partial charge in [-0.25, -0.2) is 4.98 Å². The fourth-order valence-corrected chi connectivity index (χ4v) is 2.18. The molecule has 0 spiro atoms. The number of aromatic nitrogens is 2. The maximum atomic E-state index is 5.85. The zero-order chi connectivity index (χ0) is 14.2. The molecule has 0 saturated carbocycles. The Balaban J connectivity index is 1.79. The second-order valence-electron chi connectivity index (χ2n) is 4.55. The van der Waals surface area contributed by atoms with E-state index in [0.29, 0.717) is 28.8 Å². The van der Waals surface area contributed by atoms with Crippen LogP contribution in [-0.4, -0.2) is 16.8 Å². The van der Waals surface area contributed by atoms with E-state index in [1.165, 1.54) is 0 Å². The first-order valence-corrected chi connectivity index (χ1v) is 6.37. The van der Waals surface area contributed by atoms with Crippen LogP contribution in [0, 0.1) is 0 Å². The summed E-state index contributed by atoms with van der Waals surface area (Å²) in [7, 11) is 0. The Bertz CT molecular complexity index is 818. The zero-order valence-corrected chi connectivity index (χ0v) is 10.9. The molecule has 6 nitrogen and oxygen atoms in total. The van der Waals surface area contributed by atoms with E-state index in [-0.39, 0.29) is 6.79 Å². The van der Waals surface area contributed by atoms with Crippen LogP contribution in [-0.2, 0) is 0 Å². The molecule has 0 saturated heterocycles. The van der Waals surface area contributed by atoms with Crippen molar-refractivity contribution < 1.29 is 14.2 Å². The molecule has 3 heterocycles. The lowest BCUT2D eigenvalue weighted by Gasteiger charge is -2.09. The minimum atomic E-state index is 0.226. The van der Waals surface area contributed by atoms with E-state index in [4.69, 9.17) is 19.9 Å². The Morgan fingerprint density at radius 1 is 1.05 bits per heavy atom. The van der Waals surface area contributed by atoms with Gasteiger partial charge in [0.05, 0.1) is 11.7 Å². The van der Waals surface area contributed by atoms with Crippen LogP contribution in [0.5, 0.6) is 23.0 Å². The van der Waals surface area contributed by atoms with Crippen molar-refractivity contribution in [3.05, 3.63) is 42.7 Å². The summed E-state index contributed by atoms with van der Waals surface area (Å²) in [5.41, 5.74) is 6.34. The molecule has 1 aliphatic rings. The minimum Gasteiger partial charge on any atom is -0.455 e. The van der Waals surface area contributed by atoms with Crippen LogP contribution in [0.1, 0.15) is 0 Å². The number of hydrogen-bond donors (Lipinski definition) is 1. The quantitative estimate of drug-likeness (QED) is 0.778. The number of rotatable bonds is 2. The number of nitrogens with zero attached hydrogens (tertiary/aromatic N) is 2. The van der Waals surface area contributed by atoms with E-state index < -0.39 is 0 Å². The van der Waals surface area contributed by atoms with Gasteiger partial charge in [0.2, 0.25) is 6.79 Å². The second-order valence-corrected chi connectivity index (χ2v) is 4.55. The summed E-state index contributed by atoms with van der Waals surface area (Å²) in [5.74, 6) is 3.11. The third-order valence-corrected chi connectivity index (χ3v) is 3.18. The molecular weight excluding hydrogens is 270 g/mol. The second kappa shape index (κ2) is 4.52. The van der Waals surface area contributed by atoms with E-state index in [0.717, 1.165) is 10.9 Å². The molecule has 0 bridgehead atoms. The van der Waals surface area contributed by atoms with E-state index in [2.05, 4.69) is 9.97 Å². The van der Waals surface area contributed by atoms with Gasteiger partial charge in [-0.1, -0.05) is 0 Å². The molecule has 104 valence electrons. The van der Waals surface area contributed by atoms with Crippen molar-refractivity contribution in [3.8, 4) is 23.0 Å². The maximum Gasteiger partial charge on any atom is 0.231 e. The predicted molar refractivity (Wildman–Crippen MR) is 76.6 cm³/mol. The summed E-state index contributed by atoms with van der Waals surface area (Å²) in [6, 6.07) is 8.95. The van der Waals surface area contributed by atoms with Gasteiger partial charge in [0.15, 0.2) is 11.5 Å². The van der Waals surface area contributed by atoms with Gasteiger partial charge in [-0.15, -0.1) is 0 Å². The van der Waals surface area contributed by atoms with Gasteiger partial charge in [0.25, 0.3) is 0 Å². The molecule has 2 aromatic heterocycles. The fraction of sp³-hybridized carbons (Fsp3) is 0.0667. The van der Waals surface area contributed by atoms with E-state index in [1.54, 1.807) is 30.6 Å². The Labute approximate surface area is 120 Å². The topological polar surface area (TPSA) is 79.5 Å².